The van der Waals surface area contributed by atoms with Crippen LogP contribution in [0.4, 0.5) is 11.4 Å². The van der Waals surface area contributed by atoms with Gasteiger partial charge in [0.15, 0.2) is 0 Å². The summed E-state index contributed by atoms with van der Waals surface area (Å²) in [5.41, 5.74) is 5.07. The molecule has 2 heterocycles. The number of fused-ring (bicyclic) bond motifs is 1. The minimum Gasteiger partial charge on any atom is -0.496 e. The Hall–Kier alpha value is -3.34. The molecule has 0 aliphatic carbocycles. The number of amides is 1. The summed E-state index contributed by atoms with van der Waals surface area (Å²) in [7, 11) is 1.66. The van der Waals surface area contributed by atoms with Crippen molar-refractivity contribution < 1.29 is 9.53 Å². The monoisotopic (exact) mass is 387 g/mol. The van der Waals surface area contributed by atoms with Gasteiger partial charge in [-0.3, -0.25) is 9.78 Å². The second-order valence-corrected chi connectivity index (χ2v) is 7.10. The van der Waals surface area contributed by atoms with E-state index in [0.29, 0.717) is 18.7 Å². The molecule has 1 aromatic heterocycles. The van der Waals surface area contributed by atoms with Gasteiger partial charge in [0.1, 0.15) is 11.4 Å². The maximum Gasteiger partial charge on any atom is 0.269 e. The first kappa shape index (κ1) is 19.0. The van der Waals surface area contributed by atoms with Gasteiger partial charge in [-0.1, -0.05) is 36.4 Å². The van der Waals surface area contributed by atoms with Crippen LogP contribution in [0.25, 0.3) is 0 Å². The molecule has 5 heteroatoms. The van der Waals surface area contributed by atoms with E-state index in [1.54, 1.807) is 13.3 Å². The van der Waals surface area contributed by atoms with Gasteiger partial charge in [-0.05, 0) is 54.7 Å². The van der Waals surface area contributed by atoms with Crippen LogP contribution in [-0.2, 0) is 12.8 Å². The average molecular weight is 387 g/mol. The van der Waals surface area contributed by atoms with E-state index in [0.717, 1.165) is 36.4 Å². The van der Waals surface area contributed by atoms with Crippen molar-refractivity contribution in [3.05, 3.63) is 83.7 Å². The van der Waals surface area contributed by atoms with Crippen LogP contribution in [-0.4, -0.2) is 31.1 Å². The van der Waals surface area contributed by atoms with Crippen LogP contribution in [0.5, 0.6) is 5.75 Å². The summed E-state index contributed by atoms with van der Waals surface area (Å²) in [6.07, 6.45) is 4.60. The summed E-state index contributed by atoms with van der Waals surface area (Å²) in [6, 6.07) is 20.1. The van der Waals surface area contributed by atoms with E-state index in [2.05, 4.69) is 39.5 Å². The molecule has 2 aromatic carbocycles. The highest BCUT2D eigenvalue weighted by Crippen LogP contribution is 2.33. The standard InChI is InChI=1S/C24H25N3O2/c1-29-23-11-5-3-8-19(23)12-14-26-24(28)21-17-20(13-15-25-21)27-16-6-9-18-7-2-4-10-22(18)27/h2-5,7-8,10-11,13,15,17H,6,9,12,14,16H2,1H3,(H,26,28). The predicted molar refractivity (Wildman–Crippen MR) is 115 cm³/mol. The highest BCUT2D eigenvalue weighted by molar-refractivity contribution is 5.93. The highest BCUT2D eigenvalue weighted by atomic mass is 16.5. The molecule has 29 heavy (non-hydrogen) atoms. The van der Waals surface area contributed by atoms with Gasteiger partial charge in [-0.2, -0.15) is 0 Å². The second kappa shape index (κ2) is 8.78. The van der Waals surface area contributed by atoms with Gasteiger partial charge in [0.25, 0.3) is 5.91 Å². The average Bonchev–Trinajstić information content (AvgIpc) is 2.79. The Morgan fingerprint density at radius 3 is 2.86 bits per heavy atom. The first-order valence-electron chi connectivity index (χ1n) is 9.98. The highest BCUT2D eigenvalue weighted by Gasteiger charge is 2.19. The van der Waals surface area contributed by atoms with Gasteiger partial charge in [0.2, 0.25) is 0 Å². The zero-order chi connectivity index (χ0) is 20.1. The fourth-order valence-corrected chi connectivity index (χ4v) is 3.82. The van der Waals surface area contributed by atoms with Crippen molar-refractivity contribution in [2.45, 2.75) is 19.3 Å². The van der Waals surface area contributed by atoms with Crippen LogP contribution in [0.2, 0.25) is 0 Å². The van der Waals surface area contributed by atoms with Crippen molar-refractivity contribution in [3.63, 3.8) is 0 Å². The summed E-state index contributed by atoms with van der Waals surface area (Å²) >= 11 is 0. The summed E-state index contributed by atoms with van der Waals surface area (Å²) in [4.78, 5) is 19.2. The zero-order valence-corrected chi connectivity index (χ0v) is 16.6. The number of anilines is 2. The molecule has 0 atom stereocenters. The van der Waals surface area contributed by atoms with Gasteiger partial charge >= 0.3 is 0 Å². The van der Waals surface area contributed by atoms with Crippen LogP contribution in [0, 0.1) is 0 Å². The molecule has 1 aliphatic rings. The number of carbonyl (C=O) groups is 1. The van der Waals surface area contributed by atoms with E-state index >= 15 is 0 Å². The van der Waals surface area contributed by atoms with Crippen molar-refractivity contribution in [1.82, 2.24) is 10.3 Å². The molecule has 4 rings (SSSR count). The lowest BCUT2D eigenvalue weighted by atomic mass is 10.0. The number of aromatic nitrogens is 1. The third-order valence-electron chi connectivity index (χ3n) is 5.27. The Kier molecular flexibility index (Phi) is 5.75. The number of para-hydroxylation sites is 2. The summed E-state index contributed by atoms with van der Waals surface area (Å²) in [6.45, 7) is 1.47. The van der Waals surface area contributed by atoms with E-state index < -0.39 is 0 Å². The molecule has 1 N–H and O–H groups in total. The van der Waals surface area contributed by atoms with E-state index in [1.807, 2.05) is 36.4 Å². The number of hydrogen-bond donors (Lipinski definition) is 1. The Morgan fingerprint density at radius 1 is 1.14 bits per heavy atom. The Bertz CT molecular complexity index is 1000. The van der Waals surface area contributed by atoms with E-state index in [4.69, 9.17) is 4.74 Å². The summed E-state index contributed by atoms with van der Waals surface area (Å²) in [5.74, 6) is 0.678. The molecular weight excluding hydrogens is 362 g/mol. The van der Waals surface area contributed by atoms with E-state index in [9.17, 15) is 4.79 Å². The predicted octanol–water partition coefficient (Wildman–Crippen LogP) is 4.15. The number of methoxy groups -OCH3 is 1. The van der Waals surface area contributed by atoms with Gasteiger partial charge in [-0.15, -0.1) is 0 Å². The summed E-state index contributed by atoms with van der Waals surface area (Å²) in [5, 5.41) is 2.97. The lowest BCUT2D eigenvalue weighted by molar-refractivity contribution is 0.0949. The van der Waals surface area contributed by atoms with Gasteiger partial charge < -0.3 is 15.0 Å². The maximum atomic E-state index is 12.6. The van der Waals surface area contributed by atoms with Crippen molar-refractivity contribution >= 4 is 17.3 Å². The Balaban J connectivity index is 1.44. The first-order valence-corrected chi connectivity index (χ1v) is 9.98. The third kappa shape index (κ3) is 4.24. The number of nitrogens with one attached hydrogen (secondary N) is 1. The molecule has 1 aliphatic heterocycles. The number of rotatable bonds is 6. The molecule has 148 valence electrons. The molecule has 3 aromatic rings. The summed E-state index contributed by atoms with van der Waals surface area (Å²) < 4.78 is 5.37. The SMILES string of the molecule is COc1ccccc1CCNC(=O)c1cc(N2CCCc3ccccc32)ccn1. The molecule has 0 unspecified atom stereocenters. The van der Waals surface area contributed by atoms with Crippen LogP contribution in [0.3, 0.4) is 0 Å². The second-order valence-electron chi connectivity index (χ2n) is 7.10. The fraction of sp³-hybridized carbons (Fsp3) is 0.250. The van der Waals surface area contributed by atoms with Crippen molar-refractivity contribution in [3.8, 4) is 5.75 Å². The third-order valence-corrected chi connectivity index (χ3v) is 5.27. The Labute approximate surface area is 171 Å². The maximum absolute atomic E-state index is 12.6. The van der Waals surface area contributed by atoms with Gasteiger partial charge in [-0.25, -0.2) is 0 Å². The Morgan fingerprint density at radius 2 is 1.97 bits per heavy atom. The molecule has 0 saturated heterocycles. The molecule has 1 amide bonds. The molecule has 0 fully saturated rings. The van der Waals surface area contributed by atoms with Crippen molar-refractivity contribution in [2.24, 2.45) is 0 Å². The number of ether oxygens (including phenoxy) is 1. The lowest BCUT2D eigenvalue weighted by Gasteiger charge is -2.31. The normalized spacial score (nSPS) is 12.9. The van der Waals surface area contributed by atoms with Gasteiger partial charge in [0.05, 0.1) is 7.11 Å². The van der Waals surface area contributed by atoms with Crippen LogP contribution in [0.15, 0.2) is 66.9 Å². The molecule has 0 bridgehead atoms. The smallest absolute Gasteiger partial charge is 0.269 e. The number of aryl methyl sites for hydroxylation is 1. The number of carbonyl (C=O) groups excluding carboxylic acids is 1. The topological polar surface area (TPSA) is 54.5 Å². The quantitative estimate of drug-likeness (QED) is 0.690. The number of hydrogen-bond acceptors (Lipinski definition) is 4. The largest absolute Gasteiger partial charge is 0.496 e. The van der Waals surface area contributed by atoms with Crippen LogP contribution >= 0.6 is 0 Å². The molecule has 5 nitrogen and oxygen atoms in total. The minimum atomic E-state index is -0.160. The fourth-order valence-electron chi connectivity index (χ4n) is 3.82. The number of nitrogens with zero attached hydrogens (tertiary/aromatic N) is 2. The number of benzene rings is 2. The van der Waals surface area contributed by atoms with Crippen LogP contribution in [0.1, 0.15) is 28.0 Å². The van der Waals surface area contributed by atoms with E-state index in [1.165, 1.54) is 11.3 Å². The molecular formula is C24H25N3O2. The molecule has 0 spiro atoms. The van der Waals surface area contributed by atoms with Crippen LogP contribution < -0.4 is 15.0 Å². The van der Waals surface area contributed by atoms with Gasteiger partial charge in [0, 0.05) is 30.7 Å². The van der Waals surface area contributed by atoms with Crippen molar-refractivity contribution in [2.75, 3.05) is 25.1 Å². The van der Waals surface area contributed by atoms with E-state index in [-0.39, 0.29) is 5.91 Å². The lowest BCUT2D eigenvalue weighted by Crippen LogP contribution is -2.28. The minimum absolute atomic E-state index is 0.160. The van der Waals surface area contributed by atoms with Crippen molar-refractivity contribution in [1.29, 1.82) is 0 Å². The molecule has 0 saturated carbocycles. The number of pyridine rings is 1. The molecule has 0 radical (unpaired) electrons. The zero-order valence-electron chi connectivity index (χ0n) is 16.6. The first-order chi connectivity index (χ1) is 14.3.